The van der Waals surface area contributed by atoms with E-state index >= 15 is 0 Å². The van der Waals surface area contributed by atoms with Gasteiger partial charge in [-0.05, 0) is 51.3 Å². The molecule has 2 heterocycles. The van der Waals surface area contributed by atoms with Crippen LogP contribution in [-0.2, 0) is 0 Å². The lowest BCUT2D eigenvalue weighted by Crippen LogP contribution is -2.13. The van der Waals surface area contributed by atoms with Crippen molar-refractivity contribution in [1.82, 2.24) is 0 Å². The fraction of sp³-hybridized carbons (Fsp3) is 0.304. The molecule has 0 bridgehead atoms. The molecule has 0 aliphatic heterocycles. The molecular formula is C23H23NO4S2. The van der Waals surface area contributed by atoms with Crippen molar-refractivity contribution in [3.8, 4) is 0 Å². The number of thiophene rings is 2. The van der Waals surface area contributed by atoms with Crippen molar-refractivity contribution in [3.63, 3.8) is 0 Å². The number of Topliss-reactive ketones (excluding diaryl/α,β-unsaturated/α-hetero) is 2. The summed E-state index contributed by atoms with van der Waals surface area (Å²) in [6.07, 6.45) is 0.367. The molecule has 0 saturated heterocycles. The Hall–Kier alpha value is -2.64. The number of carbonyl (C=O) groups is 2. The van der Waals surface area contributed by atoms with Crippen molar-refractivity contribution in [2.24, 2.45) is 0 Å². The highest BCUT2D eigenvalue weighted by Gasteiger charge is 2.24. The number of benzene rings is 1. The van der Waals surface area contributed by atoms with E-state index in [2.05, 4.69) is 0 Å². The Morgan fingerprint density at radius 3 is 1.63 bits per heavy atom. The summed E-state index contributed by atoms with van der Waals surface area (Å²) in [6.45, 7) is 7.78. The molecule has 0 atom stereocenters. The molecule has 3 rings (SSSR count). The first-order valence-electron chi connectivity index (χ1n) is 9.60. The molecule has 7 heteroatoms. The first-order chi connectivity index (χ1) is 14.2. The Morgan fingerprint density at radius 1 is 0.867 bits per heavy atom. The maximum Gasteiger partial charge on any atom is 0.269 e. The average molecular weight is 442 g/mol. The SMILES string of the molecule is Cc1cc(C(=O)CC(CC(=O)c2cc(C)sc2C)c2ccc([N+](=O)[O-])cc2)c(C)s1. The molecule has 0 fully saturated rings. The first-order valence-corrected chi connectivity index (χ1v) is 11.2. The minimum Gasteiger partial charge on any atom is -0.294 e. The van der Waals surface area contributed by atoms with E-state index in [1.165, 1.54) is 12.1 Å². The van der Waals surface area contributed by atoms with Crippen LogP contribution in [0.1, 0.15) is 64.5 Å². The summed E-state index contributed by atoms with van der Waals surface area (Å²) in [4.78, 5) is 40.6. The van der Waals surface area contributed by atoms with Gasteiger partial charge in [0, 0.05) is 55.6 Å². The van der Waals surface area contributed by atoms with Gasteiger partial charge in [-0.1, -0.05) is 12.1 Å². The minimum absolute atomic E-state index is 0.00813. The van der Waals surface area contributed by atoms with Crippen molar-refractivity contribution in [1.29, 1.82) is 0 Å². The van der Waals surface area contributed by atoms with Gasteiger partial charge < -0.3 is 0 Å². The van der Waals surface area contributed by atoms with Gasteiger partial charge in [-0.25, -0.2) is 0 Å². The highest BCUT2D eigenvalue weighted by molar-refractivity contribution is 7.12. The number of hydrogen-bond donors (Lipinski definition) is 0. The van der Waals surface area contributed by atoms with Gasteiger partial charge >= 0.3 is 0 Å². The van der Waals surface area contributed by atoms with Crippen LogP contribution in [0.4, 0.5) is 5.69 Å². The van der Waals surface area contributed by atoms with Gasteiger partial charge in [0.15, 0.2) is 11.6 Å². The maximum atomic E-state index is 13.0. The van der Waals surface area contributed by atoms with E-state index in [0.717, 1.165) is 25.1 Å². The van der Waals surface area contributed by atoms with Gasteiger partial charge in [-0.15, -0.1) is 22.7 Å². The number of non-ortho nitro benzene ring substituents is 1. The van der Waals surface area contributed by atoms with E-state index < -0.39 is 4.92 Å². The summed E-state index contributed by atoms with van der Waals surface area (Å²) in [6, 6.07) is 9.95. The first kappa shape index (κ1) is 22.1. The fourth-order valence-corrected chi connectivity index (χ4v) is 5.54. The summed E-state index contributed by atoms with van der Waals surface area (Å²) in [7, 11) is 0. The van der Waals surface area contributed by atoms with Crippen molar-refractivity contribution in [3.05, 3.63) is 82.7 Å². The number of hydrogen-bond acceptors (Lipinski definition) is 6. The normalized spacial score (nSPS) is 11.1. The van der Waals surface area contributed by atoms with Gasteiger partial charge in [0.25, 0.3) is 5.69 Å². The van der Waals surface area contributed by atoms with Crippen LogP contribution < -0.4 is 0 Å². The third kappa shape index (κ3) is 4.91. The molecule has 0 spiro atoms. The van der Waals surface area contributed by atoms with Gasteiger partial charge in [-0.3, -0.25) is 19.7 Å². The van der Waals surface area contributed by atoms with E-state index in [1.54, 1.807) is 34.8 Å². The molecule has 0 saturated carbocycles. The highest BCUT2D eigenvalue weighted by Crippen LogP contribution is 2.32. The number of rotatable bonds is 8. The lowest BCUT2D eigenvalue weighted by Gasteiger charge is -2.16. The van der Waals surface area contributed by atoms with Gasteiger partial charge in [0.05, 0.1) is 4.92 Å². The summed E-state index contributed by atoms with van der Waals surface area (Å²) in [5, 5.41) is 11.0. The lowest BCUT2D eigenvalue weighted by atomic mass is 9.86. The van der Waals surface area contributed by atoms with E-state index in [9.17, 15) is 19.7 Å². The Labute approximate surface area is 183 Å². The number of nitro benzene ring substituents is 1. The topological polar surface area (TPSA) is 77.3 Å². The van der Waals surface area contributed by atoms with Crippen LogP contribution in [0, 0.1) is 37.8 Å². The molecule has 30 heavy (non-hydrogen) atoms. The van der Waals surface area contributed by atoms with Crippen LogP contribution in [0.25, 0.3) is 0 Å². The van der Waals surface area contributed by atoms with Crippen LogP contribution >= 0.6 is 22.7 Å². The average Bonchev–Trinajstić information content (AvgIpc) is 3.21. The molecule has 0 aliphatic carbocycles. The largest absolute Gasteiger partial charge is 0.294 e. The number of aryl methyl sites for hydroxylation is 4. The monoisotopic (exact) mass is 441 g/mol. The Kier molecular flexibility index (Phi) is 6.63. The van der Waals surface area contributed by atoms with Crippen molar-refractivity contribution in [2.45, 2.75) is 46.5 Å². The molecule has 3 aromatic rings. The molecule has 0 N–H and O–H groups in total. The molecule has 156 valence electrons. The number of nitro groups is 1. The maximum absolute atomic E-state index is 13.0. The molecule has 0 unspecified atom stereocenters. The van der Waals surface area contributed by atoms with Gasteiger partial charge in [-0.2, -0.15) is 0 Å². The zero-order valence-electron chi connectivity index (χ0n) is 17.4. The molecule has 0 radical (unpaired) electrons. The molecule has 2 aromatic heterocycles. The van der Waals surface area contributed by atoms with E-state index in [0.29, 0.717) is 11.1 Å². The predicted molar refractivity (Wildman–Crippen MR) is 121 cm³/mol. The predicted octanol–water partition coefficient (Wildman–Crippen LogP) is 6.58. The zero-order valence-corrected chi connectivity index (χ0v) is 19.0. The fourth-order valence-electron chi connectivity index (χ4n) is 3.66. The lowest BCUT2D eigenvalue weighted by molar-refractivity contribution is -0.384. The number of nitrogens with zero attached hydrogens (tertiary/aromatic N) is 1. The highest BCUT2D eigenvalue weighted by atomic mass is 32.1. The summed E-state index contributed by atoms with van der Waals surface area (Å²) in [5.74, 6) is -0.359. The van der Waals surface area contributed by atoms with Crippen LogP contribution in [0.3, 0.4) is 0 Å². The standard InChI is InChI=1S/C23H23NO4S2/c1-13-9-20(15(3)29-13)22(25)11-18(17-5-7-19(8-6-17)24(27)28)12-23(26)21-10-14(2)30-16(21)4/h5-10,18H,11-12H2,1-4H3. The summed E-state index contributed by atoms with van der Waals surface area (Å²) < 4.78 is 0. The second-order valence-corrected chi connectivity index (χ2v) is 10.4. The Bertz CT molecular complexity index is 1050. The molecule has 0 amide bonds. The van der Waals surface area contributed by atoms with Gasteiger partial charge in [0.1, 0.15) is 0 Å². The molecule has 5 nitrogen and oxygen atoms in total. The third-order valence-electron chi connectivity index (χ3n) is 5.12. The van der Waals surface area contributed by atoms with E-state index in [-0.39, 0.29) is 36.0 Å². The molecular weight excluding hydrogens is 418 g/mol. The smallest absolute Gasteiger partial charge is 0.269 e. The zero-order chi connectivity index (χ0) is 22.0. The number of carbonyl (C=O) groups excluding carboxylic acids is 2. The summed E-state index contributed by atoms with van der Waals surface area (Å²) >= 11 is 3.16. The minimum atomic E-state index is -0.454. The van der Waals surface area contributed by atoms with E-state index in [4.69, 9.17) is 0 Å². The molecule has 1 aromatic carbocycles. The quantitative estimate of drug-likeness (QED) is 0.225. The van der Waals surface area contributed by atoms with Crippen LogP contribution in [0.2, 0.25) is 0 Å². The van der Waals surface area contributed by atoms with Crippen LogP contribution in [0.15, 0.2) is 36.4 Å². The van der Waals surface area contributed by atoms with Crippen molar-refractivity contribution >= 4 is 39.9 Å². The second-order valence-electron chi connectivity index (χ2n) is 7.45. The van der Waals surface area contributed by atoms with Crippen molar-refractivity contribution in [2.75, 3.05) is 0 Å². The van der Waals surface area contributed by atoms with E-state index in [1.807, 2.05) is 39.8 Å². The number of ketones is 2. The van der Waals surface area contributed by atoms with Crippen LogP contribution in [0.5, 0.6) is 0 Å². The van der Waals surface area contributed by atoms with Crippen molar-refractivity contribution < 1.29 is 14.5 Å². The summed E-state index contributed by atoms with van der Waals surface area (Å²) in [5.41, 5.74) is 2.14. The van der Waals surface area contributed by atoms with Gasteiger partial charge in [0.2, 0.25) is 0 Å². The van der Waals surface area contributed by atoms with Crippen LogP contribution in [-0.4, -0.2) is 16.5 Å². The molecule has 0 aliphatic rings. The second kappa shape index (κ2) is 9.02. The Morgan fingerprint density at radius 2 is 1.30 bits per heavy atom. The third-order valence-corrected chi connectivity index (χ3v) is 7.05. The Balaban J connectivity index is 1.90.